The molecule has 0 unspecified atom stereocenters. The van der Waals surface area contributed by atoms with E-state index in [2.05, 4.69) is 148 Å². The second kappa shape index (κ2) is 9.39. The third-order valence-electron chi connectivity index (χ3n) is 6.35. The molecule has 5 aromatic rings. The molecule has 0 radical (unpaired) electrons. The third kappa shape index (κ3) is 4.13. The first-order valence-electron chi connectivity index (χ1n) is 11.2. The Morgan fingerprint density at radius 2 is 1.12 bits per heavy atom. The molecule has 5 rings (SSSR count). The van der Waals surface area contributed by atoms with Gasteiger partial charge in [0.05, 0.1) is 0 Å². The van der Waals surface area contributed by atoms with Gasteiger partial charge in [0.15, 0.2) is 0 Å². The number of hydrogen-bond donors (Lipinski definition) is 0. The maximum atomic E-state index is 4.64. The van der Waals surface area contributed by atoms with Crippen LogP contribution in [0.15, 0.2) is 133 Å². The van der Waals surface area contributed by atoms with Crippen LogP contribution >= 0.6 is 32.1 Å². The van der Waals surface area contributed by atoms with Gasteiger partial charge >= 0.3 is 209 Å². The van der Waals surface area contributed by atoms with Crippen molar-refractivity contribution in [2.24, 2.45) is 0 Å². The molecular formula is C30H26BrPS. The van der Waals surface area contributed by atoms with Crippen molar-refractivity contribution in [1.29, 1.82) is 0 Å². The van der Waals surface area contributed by atoms with E-state index < -0.39 is 5.31 Å². The van der Waals surface area contributed by atoms with Gasteiger partial charge in [-0.15, -0.1) is 0 Å². The van der Waals surface area contributed by atoms with Crippen LogP contribution in [-0.4, -0.2) is 0 Å². The molecule has 0 nitrogen and oxygen atoms in total. The average molecular weight is 529 g/mol. The minimum absolute atomic E-state index is 0.919. The Balaban J connectivity index is 1.86. The Morgan fingerprint density at radius 1 is 0.576 bits per heavy atom. The summed E-state index contributed by atoms with van der Waals surface area (Å²) < 4.78 is 0. The van der Waals surface area contributed by atoms with E-state index in [0.717, 1.165) is 12.6 Å². The summed E-state index contributed by atoms with van der Waals surface area (Å²) >= 11 is 6.47. The van der Waals surface area contributed by atoms with Crippen LogP contribution in [-0.2, 0) is 12.6 Å². The average Bonchev–Trinajstić information content (AvgIpc) is 3.39. The van der Waals surface area contributed by atoms with Crippen molar-refractivity contribution in [2.45, 2.75) is 12.6 Å². The first-order valence-corrected chi connectivity index (χ1v) is 16.5. The molecule has 0 spiro atoms. The zero-order valence-corrected chi connectivity index (χ0v) is 21.6. The van der Waals surface area contributed by atoms with Crippen LogP contribution in [0.3, 0.4) is 0 Å². The second-order valence-corrected chi connectivity index (χ2v) is 18.3. The van der Waals surface area contributed by atoms with Gasteiger partial charge in [0.1, 0.15) is 0 Å². The number of rotatable bonds is 7. The zero-order valence-electron chi connectivity index (χ0n) is 18.3. The van der Waals surface area contributed by atoms with E-state index in [-0.39, 0.29) is 0 Å². The van der Waals surface area contributed by atoms with E-state index in [4.69, 9.17) is 0 Å². The van der Waals surface area contributed by atoms with E-state index in [1.54, 1.807) is 0 Å². The Labute approximate surface area is 208 Å². The number of thiophene rings is 1. The molecule has 0 aliphatic rings. The van der Waals surface area contributed by atoms with E-state index in [0.29, 0.717) is 0 Å². The Morgan fingerprint density at radius 3 is 1.70 bits per heavy atom. The van der Waals surface area contributed by atoms with Gasteiger partial charge in [-0.05, 0) is 0 Å². The van der Waals surface area contributed by atoms with Crippen molar-refractivity contribution in [3.05, 3.63) is 149 Å². The SMILES string of the molecule is BrP(Cc1ccccc1)(c1ccccc1)(c1ccccc1)c1ccccc1Cc1cccs1. The fraction of sp³-hybridized carbons (Fsp3) is 0.0667. The fourth-order valence-electron chi connectivity index (χ4n) is 4.81. The van der Waals surface area contributed by atoms with Crippen LogP contribution < -0.4 is 15.9 Å². The van der Waals surface area contributed by atoms with Gasteiger partial charge in [-0.25, -0.2) is 0 Å². The van der Waals surface area contributed by atoms with Crippen LogP contribution in [0.2, 0.25) is 0 Å². The molecule has 0 saturated heterocycles. The molecule has 0 saturated carbocycles. The van der Waals surface area contributed by atoms with Gasteiger partial charge in [0.25, 0.3) is 0 Å². The molecule has 1 heterocycles. The topological polar surface area (TPSA) is 0 Å². The summed E-state index contributed by atoms with van der Waals surface area (Å²) in [6.07, 6.45) is 1.85. The maximum absolute atomic E-state index is 4.64. The van der Waals surface area contributed by atoms with E-state index in [1.807, 2.05) is 11.3 Å². The van der Waals surface area contributed by atoms with Crippen LogP contribution in [0.5, 0.6) is 0 Å². The minimum atomic E-state index is -3.05. The standard InChI is InChI=1S/C30H26BrPS/c31-32(27-16-6-2-7-17-27,28-18-8-3-9-19-28,24-25-13-4-1-5-14-25)30-21-11-10-15-26(30)23-29-20-12-22-33-29/h1-22H,23-24H2. The third-order valence-corrected chi connectivity index (χ3v) is 16.7. The number of benzene rings is 4. The summed E-state index contributed by atoms with van der Waals surface area (Å²) in [6.45, 7) is 0. The molecule has 4 aromatic carbocycles. The molecule has 0 aliphatic carbocycles. The summed E-state index contributed by atoms with van der Waals surface area (Å²) in [5.41, 5.74) is 2.73. The van der Waals surface area contributed by atoms with Crippen molar-refractivity contribution in [3.63, 3.8) is 0 Å². The molecule has 0 atom stereocenters. The predicted octanol–water partition coefficient (Wildman–Crippen LogP) is 7.68. The summed E-state index contributed by atoms with van der Waals surface area (Å²) in [7, 11) is 0. The van der Waals surface area contributed by atoms with E-state index >= 15 is 0 Å². The normalized spacial score (nSPS) is 12.7. The van der Waals surface area contributed by atoms with Crippen LogP contribution in [0.25, 0.3) is 0 Å². The fourth-order valence-corrected chi connectivity index (χ4v) is 13.9. The van der Waals surface area contributed by atoms with Crippen molar-refractivity contribution in [3.8, 4) is 0 Å². The molecule has 33 heavy (non-hydrogen) atoms. The van der Waals surface area contributed by atoms with Gasteiger partial charge < -0.3 is 0 Å². The molecule has 164 valence electrons. The monoisotopic (exact) mass is 528 g/mol. The van der Waals surface area contributed by atoms with Crippen molar-refractivity contribution in [2.75, 3.05) is 0 Å². The number of hydrogen-bond acceptors (Lipinski definition) is 1. The molecule has 1 aromatic heterocycles. The molecule has 0 N–H and O–H groups in total. The van der Waals surface area contributed by atoms with Gasteiger partial charge in [-0.3, -0.25) is 0 Å². The summed E-state index contributed by atoms with van der Waals surface area (Å²) in [4.78, 5) is 1.39. The molecule has 0 fully saturated rings. The van der Waals surface area contributed by atoms with Crippen molar-refractivity contribution >= 4 is 48.0 Å². The summed E-state index contributed by atoms with van der Waals surface area (Å²) in [5.74, 6) is 0. The van der Waals surface area contributed by atoms with E-state index in [1.165, 1.54) is 31.9 Å². The predicted molar refractivity (Wildman–Crippen MR) is 151 cm³/mol. The Kier molecular flexibility index (Phi) is 6.34. The Bertz CT molecular complexity index is 1280. The van der Waals surface area contributed by atoms with Gasteiger partial charge in [-0.1, -0.05) is 0 Å². The summed E-state index contributed by atoms with van der Waals surface area (Å²) in [5, 5.41) is 3.25. The Hall–Kier alpha value is -2.51. The number of halogens is 1. The first kappa shape index (κ1) is 22.3. The first-order chi connectivity index (χ1) is 16.2. The second-order valence-electron chi connectivity index (χ2n) is 8.38. The van der Waals surface area contributed by atoms with Gasteiger partial charge in [0, 0.05) is 0 Å². The molecule has 0 aliphatic heterocycles. The molecule has 0 amide bonds. The van der Waals surface area contributed by atoms with Crippen molar-refractivity contribution < 1.29 is 0 Å². The quantitative estimate of drug-likeness (QED) is 0.190. The van der Waals surface area contributed by atoms with Crippen LogP contribution in [0, 0.1) is 0 Å². The van der Waals surface area contributed by atoms with Crippen LogP contribution in [0.1, 0.15) is 16.0 Å². The molecule has 0 bridgehead atoms. The summed E-state index contributed by atoms with van der Waals surface area (Å²) in [6, 6.07) is 46.5. The van der Waals surface area contributed by atoms with Crippen LogP contribution in [0.4, 0.5) is 0 Å². The zero-order chi connectivity index (χ0) is 22.6. The van der Waals surface area contributed by atoms with Gasteiger partial charge in [0.2, 0.25) is 0 Å². The molecular weight excluding hydrogens is 503 g/mol. The molecule has 3 heteroatoms. The van der Waals surface area contributed by atoms with Crippen molar-refractivity contribution in [1.82, 2.24) is 0 Å². The van der Waals surface area contributed by atoms with Gasteiger partial charge in [-0.2, -0.15) is 0 Å². The van der Waals surface area contributed by atoms with E-state index in [9.17, 15) is 0 Å².